The van der Waals surface area contributed by atoms with Gasteiger partial charge >= 0.3 is 41.3 Å². The minimum absolute atomic E-state index is 0. The molecule has 6 heteroatoms. The van der Waals surface area contributed by atoms with E-state index in [1.165, 1.54) is 0 Å². The van der Waals surface area contributed by atoms with Crippen LogP contribution in [0.1, 0.15) is 45.5 Å². The smallest absolute Gasteiger partial charge is 1.00 e. The summed E-state index contributed by atoms with van der Waals surface area (Å²) in [5.74, 6) is -1.04. The van der Waals surface area contributed by atoms with E-state index in [0.29, 0.717) is 12.1 Å². The summed E-state index contributed by atoms with van der Waals surface area (Å²) < 4.78 is 6.92. The van der Waals surface area contributed by atoms with E-state index < -0.39 is 5.97 Å². The van der Waals surface area contributed by atoms with Crippen molar-refractivity contribution in [1.82, 2.24) is 4.57 Å². The summed E-state index contributed by atoms with van der Waals surface area (Å²) in [6.07, 6.45) is 4.78. The molecule has 0 atom stereocenters. The average Bonchev–Trinajstić information content (AvgIpc) is 2.72. The number of rotatable bonds is 8. The van der Waals surface area contributed by atoms with Gasteiger partial charge in [0.1, 0.15) is 0 Å². The van der Waals surface area contributed by atoms with Crippen LogP contribution >= 0.6 is 0 Å². The Labute approximate surface area is 153 Å². The fraction of sp³-hybridized carbons (Fsp3) is 0.500. The number of aliphatic carboxylic acids is 1. The molecular formula is C16H22NNaO4. The van der Waals surface area contributed by atoms with Gasteiger partial charge in [0, 0.05) is 13.0 Å². The first-order valence-electron chi connectivity index (χ1n) is 7.40. The number of aromatic nitrogens is 1. The van der Waals surface area contributed by atoms with Gasteiger partial charge in [0.05, 0.1) is 5.52 Å². The monoisotopic (exact) mass is 315 g/mol. The van der Waals surface area contributed by atoms with Gasteiger partial charge in [-0.15, -0.1) is 0 Å². The van der Waals surface area contributed by atoms with Crippen LogP contribution in [0.5, 0.6) is 0 Å². The number of aryl methyl sites for hydroxylation is 2. The number of carbonyl (C=O) groups is 1. The van der Waals surface area contributed by atoms with Crippen LogP contribution in [-0.2, 0) is 11.3 Å². The summed E-state index contributed by atoms with van der Waals surface area (Å²) in [4.78, 5) is 22.2. The second kappa shape index (κ2) is 9.18. The van der Waals surface area contributed by atoms with Crippen LogP contribution in [0.4, 0.5) is 0 Å². The molecule has 0 unspecified atom stereocenters. The summed E-state index contributed by atoms with van der Waals surface area (Å²) in [6, 6.07) is 5.77. The van der Waals surface area contributed by atoms with Gasteiger partial charge < -0.3 is 11.0 Å². The Morgan fingerprint density at radius 1 is 1.23 bits per heavy atom. The van der Waals surface area contributed by atoms with E-state index in [0.717, 1.165) is 43.2 Å². The van der Waals surface area contributed by atoms with Gasteiger partial charge in [0.15, 0.2) is 5.58 Å². The van der Waals surface area contributed by atoms with Gasteiger partial charge in [0.2, 0.25) is 0 Å². The van der Waals surface area contributed by atoms with Crippen molar-refractivity contribution >= 4 is 17.1 Å². The van der Waals surface area contributed by atoms with Crippen molar-refractivity contribution in [3.05, 3.63) is 34.3 Å². The van der Waals surface area contributed by atoms with Crippen LogP contribution in [-0.4, -0.2) is 15.6 Å². The SMILES string of the molecule is Cc1ccc2c(c1)oc(=O)n2CCCCCCCC(=O)O.[H-].[Na+]. The van der Waals surface area contributed by atoms with Gasteiger partial charge in [-0.05, 0) is 37.5 Å². The largest absolute Gasteiger partial charge is 1.00 e. The molecule has 0 aliphatic rings. The summed E-state index contributed by atoms with van der Waals surface area (Å²) in [5.41, 5.74) is 2.56. The number of unbranched alkanes of at least 4 members (excludes halogenated alkanes) is 4. The van der Waals surface area contributed by atoms with Crippen molar-refractivity contribution in [2.75, 3.05) is 0 Å². The second-order valence-corrected chi connectivity index (χ2v) is 5.40. The molecule has 0 amide bonds. The Balaban J connectivity index is 0.00000242. The van der Waals surface area contributed by atoms with E-state index >= 15 is 0 Å². The van der Waals surface area contributed by atoms with E-state index in [4.69, 9.17) is 9.52 Å². The molecule has 22 heavy (non-hydrogen) atoms. The molecule has 0 saturated heterocycles. The quantitative estimate of drug-likeness (QED) is 0.567. The van der Waals surface area contributed by atoms with Crippen molar-refractivity contribution in [2.24, 2.45) is 0 Å². The van der Waals surface area contributed by atoms with Crippen molar-refractivity contribution in [3.63, 3.8) is 0 Å². The molecule has 1 aromatic carbocycles. The molecule has 2 rings (SSSR count). The summed E-state index contributed by atoms with van der Waals surface area (Å²) in [7, 11) is 0. The minimum Gasteiger partial charge on any atom is -1.00 e. The maximum Gasteiger partial charge on any atom is 1.00 e. The molecule has 0 saturated carbocycles. The van der Waals surface area contributed by atoms with Gasteiger partial charge in [0.25, 0.3) is 0 Å². The van der Waals surface area contributed by atoms with Crippen molar-refractivity contribution in [3.8, 4) is 0 Å². The van der Waals surface area contributed by atoms with Crippen molar-refractivity contribution in [1.29, 1.82) is 0 Å². The number of carboxylic acid groups (broad SMARTS) is 1. The molecule has 0 aliphatic heterocycles. The molecule has 0 aliphatic carbocycles. The van der Waals surface area contributed by atoms with Gasteiger partial charge in [-0.3, -0.25) is 9.36 Å². The van der Waals surface area contributed by atoms with Crippen LogP contribution in [0.25, 0.3) is 11.1 Å². The Morgan fingerprint density at radius 2 is 1.91 bits per heavy atom. The molecular weight excluding hydrogens is 293 g/mol. The molecule has 1 heterocycles. The van der Waals surface area contributed by atoms with Gasteiger partial charge in [-0.2, -0.15) is 0 Å². The fourth-order valence-electron chi connectivity index (χ4n) is 2.46. The molecule has 116 valence electrons. The number of nitrogens with zero attached hydrogens (tertiary/aromatic N) is 1. The number of fused-ring (bicyclic) bond motifs is 1. The first-order chi connectivity index (χ1) is 10.1. The third-order valence-electron chi connectivity index (χ3n) is 3.60. The maximum absolute atomic E-state index is 11.8. The Bertz CT molecular complexity index is 680. The number of benzene rings is 1. The fourth-order valence-corrected chi connectivity index (χ4v) is 2.46. The van der Waals surface area contributed by atoms with Crippen LogP contribution in [0, 0.1) is 6.92 Å². The number of carboxylic acids is 1. The molecule has 0 radical (unpaired) electrons. The summed E-state index contributed by atoms with van der Waals surface area (Å²) >= 11 is 0. The molecule has 0 fully saturated rings. The number of oxazole rings is 1. The zero-order chi connectivity index (χ0) is 15.2. The predicted molar refractivity (Wildman–Crippen MR) is 81.7 cm³/mol. The molecule has 5 nitrogen and oxygen atoms in total. The van der Waals surface area contributed by atoms with E-state index in [1.807, 2.05) is 25.1 Å². The normalized spacial score (nSPS) is 10.6. The number of hydrogen-bond acceptors (Lipinski definition) is 3. The van der Waals surface area contributed by atoms with Crippen LogP contribution in [0.3, 0.4) is 0 Å². The Kier molecular flexibility index (Phi) is 7.93. The van der Waals surface area contributed by atoms with E-state index in [9.17, 15) is 9.59 Å². The Hall–Kier alpha value is -1.04. The predicted octanol–water partition coefficient (Wildman–Crippen LogP) is 0.445. The summed E-state index contributed by atoms with van der Waals surface area (Å²) in [6.45, 7) is 2.61. The third kappa shape index (κ3) is 5.30. The van der Waals surface area contributed by atoms with E-state index in [2.05, 4.69) is 0 Å². The van der Waals surface area contributed by atoms with Crippen LogP contribution in [0.15, 0.2) is 27.4 Å². The molecule has 0 bridgehead atoms. The van der Waals surface area contributed by atoms with Crippen LogP contribution in [0.2, 0.25) is 0 Å². The Morgan fingerprint density at radius 3 is 2.64 bits per heavy atom. The minimum atomic E-state index is -0.735. The topological polar surface area (TPSA) is 72.4 Å². The standard InChI is InChI=1S/C16H21NO4.Na.H/c1-12-8-9-13-14(11-12)21-16(20)17(13)10-6-4-2-3-5-7-15(18)19;;/h8-9,11H,2-7,10H2,1H3,(H,18,19);;/q;+1;-1. The van der Waals surface area contributed by atoms with Crippen molar-refractivity contribution in [2.45, 2.75) is 52.0 Å². The summed E-state index contributed by atoms with van der Waals surface area (Å²) in [5, 5.41) is 8.54. The zero-order valence-electron chi connectivity index (χ0n) is 14.3. The van der Waals surface area contributed by atoms with Crippen molar-refractivity contribution < 1.29 is 45.3 Å². The second-order valence-electron chi connectivity index (χ2n) is 5.40. The van der Waals surface area contributed by atoms with Crippen LogP contribution < -0.4 is 35.3 Å². The van der Waals surface area contributed by atoms with Gasteiger partial charge in [-0.25, -0.2) is 4.79 Å². The molecule has 1 aromatic heterocycles. The first kappa shape index (κ1) is 19.0. The van der Waals surface area contributed by atoms with E-state index in [1.54, 1.807) is 4.57 Å². The van der Waals surface area contributed by atoms with Gasteiger partial charge in [-0.1, -0.05) is 25.3 Å². The third-order valence-corrected chi connectivity index (χ3v) is 3.60. The van der Waals surface area contributed by atoms with E-state index in [-0.39, 0.29) is 43.2 Å². The average molecular weight is 315 g/mol. The maximum atomic E-state index is 11.8. The molecule has 0 spiro atoms. The number of hydrogen-bond donors (Lipinski definition) is 1. The zero-order valence-corrected chi connectivity index (χ0v) is 15.3. The first-order valence-corrected chi connectivity index (χ1v) is 7.40. The molecule has 2 aromatic rings. The molecule has 1 N–H and O–H groups in total.